The monoisotopic (exact) mass is 181 g/mol. The summed E-state index contributed by atoms with van der Waals surface area (Å²) in [5.41, 5.74) is 0. The Morgan fingerprint density at radius 3 is 2.80 bits per heavy atom. The maximum absolute atomic E-state index is 10.8. The molecule has 1 atom stereocenters. The van der Waals surface area contributed by atoms with Gasteiger partial charge in [-0.2, -0.15) is 0 Å². The summed E-state index contributed by atoms with van der Waals surface area (Å²) in [5.74, 6) is -0.0702. The van der Waals surface area contributed by atoms with Crippen LogP contribution in [-0.4, -0.2) is 29.0 Å². The Labute approximate surface area is 69.5 Å². The van der Waals surface area contributed by atoms with Crippen molar-refractivity contribution in [1.82, 2.24) is 5.32 Å². The van der Waals surface area contributed by atoms with Crippen molar-refractivity contribution in [3.05, 3.63) is 0 Å². The van der Waals surface area contributed by atoms with E-state index in [0.29, 0.717) is 10.5 Å². The van der Waals surface area contributed by atoms with E-state index in [0.717, 1.165) is 19.4 Å². The second kappa shape index (κ2) is 4.71. The Kier molecular flexibility index (Phi) is 4.68. The molecule has 0 spiro atoms. The fourth-order valence-electron chi connectivity index (χ4n) is 1.03. The molecule has 0 amide bonds. The molecule has 0 unspecified atom stereocenters. The molecular formula is C5H12ClNO2Si. The Bertz CT molecular complexity index is 116. The predicted molar refractivity (Wildman–Crippen MR) is 44.3 cm³/mol. The SMILES string of the molecule is Cl.O=C(O[SiH3])[C@@H]1CCCN1. The van der Waals surface area contributed by atoms with Gasteiger partial charge in [0, 0.05) is 0 Å². The number of hydrogen-bond acceptors (Lipinski definition) is 3. The third-order valence-corrected chi connectivity index (χ3v) is 1.95. The van der Waals surface area contributed by atoms with Crippen LogP contribution in [0, 0.1) is 0 Å². The zero-order chi connectivity index (χ0) is 6.69. The molecule has 5 heteroatoms. The van der Waals surface area contributed by atoms with Gasteiger partial charge in [0.15, 0.2) is 0 Å². The first-order valence-electron chi connectivity index (χ1n) is 3.16. The number of rotatable bonds is 1. The summed E-state index contributed by atoms with van der Waals surface area (Å²) in [6.45, 7) is 0.960. The first kappa shape index (κ1) is 9.94. The van der Waals surface area contributed by atoms with E-state index in [1.807, 2.05) is 0 Å². The fourth-order valence-corrected chi connectivity index (χ4v) is 1.31. The molecule has 1 N–H and O–H groups in total. The van der Waals surface area contributed by atoms with Crippen molar-refractivity contribution in [2.24, 2.45) is 0 Å². The average Bonchev–Trinajstić information content (AvgIpc) is 2.37. The number of carbonyl (C=O) groups excluding carboxylic acids is 1. The summed E-state index contributed by atoms with van der Waals surface area (Å²) >= 11 is 0. The van der Waals surface area contributed by atoms with E-state index >= 15 is 0 Å². The molecule has 1 fully saturated rings. The molecule has 0 aromatic rings. The summed E-state index contributed by atoms with van der Waals surface area (Å²) in [4.78, 5) is 10.8. The number of nitrogens with one attached hydrogen (secondary N) is 1. The zero-order valence-corrected chi connectivity index (χ0v) is 8.74. The molecule has 0 radical (unpaired) electrons. The van der Waals surface area contributed by atoms with E-state index in [1.165, 1.54) is 0 Å². The van der Waals surface area contributed by atoms with Crippen molar-refractivity contribution in [1.29, 1.82) is 0 Å². The van der Waals surface area contributed by atoms with Gasteiger partial charge in [0.05, 0.1) is 0 Å². The van der Waals surface area contributed by atoms with Gasteiger partial charge in [-0.25, -0.2) is 0 Å². The van der Waals surface area contributed by atoms with E-state index in [1.54, 1.807) is 0 Å². The molecule has 1 saturated heterocycles. The molecule has 1 aliphatic heterocycles. The largest absolute Gasteiger partial charge is 0.528 e. The molecule has 10 heavy (non-hydrogen) atoms. The Morgan fingerprint density at radius 1 is 1.70 bits per heavy atom. The highest BCUT2D eigenvalue weighted by Crippen LogP contribution is 2.05. The smallest absolute Gasteiger partial charge is 0.309 e. The lowest BCUT2D eigenvalue weighted by molar-refractivity contribution is -0.135. The van der Waals surface area contributed by atoms with Crippen LogP contribution >= 0.6 is 12.4 Å². The van der Waals surface area contributed by atoms with Gasteiger partial charge >= 0.3 is 5.97 Å². The highest BCUT2D eigenvalue weighted by molar-refractivity contribution is 6.06. The number of halogens is 1. The molecule has 3 nitrogen and oxygen atoms in total. The van der Waals surface area contributed by atoms with Crippen molar-refractivity contribution in [3.8, 4) is 0 Å². The van der Waals surface area contributed by atoms with Crippen molar-refractivity contribution in [3.63, 3.8) is 0 Å². The van der Waals surface area contributed by atoms with Gasteiger partial charge < -0.3 is 9.74 Å². The van der Waals surface area contributed by atoms with Gasteiger partial charge in [-0.05, 0) is 19.4 Å². The minimum atomic E-state index is -0.0702. The lowest BCUT2D eigenvalue weighted by Crippen LogP contribution is -2.31. The quantitative estimate of drug-likeness (QED) is 0.527. The van der Waals surface area contributed by atoms with Crippen LogP contribution < -0.4 is 5.32 Å². The highest BCUT2D eigenvalue weighted by Gasteiger charge is 2.21. The molecule has 0 aromatic carbocycles. The van der Waals surface area contributed by atoms with Crippen molar-refractivity contribution < 1.29 is 9.22 Å². The first-order chi connectivity index (χ1) is 4.34. The van der Waals surface area contributed by atoms with Gasteiger partial charge in [0.25, 0.3) is 0 Å². The van der Waals surface area contributed by atoms with Crippen molar-refractivity contribution in [2.45, 2.75) is 18.9 Å². The Hall–Kier alpha value is -0.0631. The second-order valence-electron chi connectivity index (χ2n) is 2.17. The third-order valence-electron chi connectivity index (χ3n) is 1.55. The number of hydrogen-bond donors (Lipinski definition) is 1. The zero-order valence-electron chi connectivity index (χ0n) is 5.92. The lowest BCUT2D eigenvalue weighted by Gasteiger charge is -2.05. The molecule has 60 valence electrons. The Morgan fingerprint density at radius 2 is 2.40 bits per heavy atom. The van der Waals surface area contributed by atoms with Crippen LogP contribution in [0.4, 0.5) is 0 Å². The van der Waals surface area contributed by atoms with Crippen LogP contribution in [0.25, 0.3) is 0 Å². The molecule has 1 rings (SSSR count). The summed E-state index contributed by atoms with van der Waals surface area (Å²) in [6.07, 6.45) is 2.04. The fraction of sp³-hybridized carbons (Fsp3) is 0.800. The minimum absolute atomic E-state index is 0. The van der Waals surface area contributed by atoms with Gasteiger partial charge in [-0.15, -0.1) is 12.4 Å². The normalized spacial score (nSPS) is 23.8. The van der Waals surface area contributed by atoms with Gasteiger partial charge in [-0.3, -0.25) is 4.79 Å². The van der Waals surface area contributed by atoms with Crippen LogP contribution in [0.3, 0.4) is 0 Å². The predicted octanol–water partition coefficient (Wildman–Crippen LogP) is -1.02. The molecule has 1 heterocycles. The van der Waals surface area contributed by atoms with Gasteiger partial charge in [-0.1, -0.05) is 0 Å². The summed E-state index contributed by atoms with van der Waals surface area (Å²) in [5, 5.41) is 3.05. The average molecular weight is 182 g/mol. The van der Waals surface area contributed by atoms with Crippen molar-refractivity contribution in [2.75, 3.05) is 6.54 Å². The molecular weight excluding hydrogens is 170 g/mol. The topological polar surface area (TPSA) is 38.3 Å². The molecule has 1 aliphatic rings. The van der Waals surface area contributed by atoms with E-state index < -0.39 is 0 Å². The van der Waals surface area contributed by atoms with E-state index in [9.17, 15) is 4.79 Å². The summed E-state index contributed by atoms with van der Waals surface area (Å²) in [6, 6.07) is 0.00231. The highest BCUT2D eigenvalue weighted by atomic mass is 35.5. The second-order valence-corrected chi connectivity index (χ2v) is 2.58. The summed E-state index contributed by atoms with van der Waals surface area (Å²) in [7, 11) is 0.518. The lowest BCUT2D eigenvalue weighted by atomic mass is 10.2. The maximum atomic E-state index is 10.8. The van der Waals surface area contributed by atoms with Crippen LogP contribution in [0.2, 0.25) is 0 Å². The van der Waals surface area contributed by atoms with E-state index in [4.69, 9.17) is 0 Å². The third kappa shape index (κ3) is 2.28. The van der Waals surface area contributed by atoms with Crippen molar-refractivity contribution >= 4 is 28.9 Å². The minimum Gasteiger partial charge on any atom is -0.528 e. The van der Waals surface area contributed by atoms with Crippen LogP contribution in [0.15, 0.2) is 0 Å². The molecule has 0 saturated carbocycles. The molecule has 0 bridgehead atoms. The van der Waals surface area contributed by atoms with E-state index in [-0.39, 0.29) is 24.4 Å². The van der Waals surface area contributed by atoms with Gasteiger partial charge in [0.1, 0.15) is 6.04 Å². The van der Waals surface area contributed by atoms with Crippen LogP contribution in [0.5, 0.6) is 0 Å². The summed E-state index contributed by atoms with van der Waals surface area (Å²) < 4.78 is 4.67. The molecule has 0 aromatic heterocycles. The van der Waals surface area contributed by atoms with Crippen LogP contribution in [0.1, 0.15) is 12.8 Å². The number of carbonyl (C=O) groups is 1. The standard InChI is InChI=1S/C5H11NO2Si.ClH/c7-5(8-9)4-2-1-3-6-4;/h4,6H,1-3H2,9H3;1H/t4-;/m0./s1. The molecule has 0 aliphatic carbocycles. The van der Waals surface area contributed by atoms with Gasteiger partial charge in [0.2, 0.25) is 10.5 Å². The first-order valence-corrected chi connectivity index (χ1v) is 3.97. The van der Waals surface area contributed by atoms with Crippen LogP contribution in [-0.2, 0) is 9.22 Å². The maximum Gasteiger partial charge on any atom is 0.309 e. The van der Waals surface area contributed by atoms with E-state index in [2.05, 4.69) is 9.74 Å². The Balaban J connectivity index is 0.000000810.